The van der Waals surface area contributed by atoms with E-state index < -0.39 is 17.1 Å². The molecule has 0 aliphatic rings. The fourth-order valence-corrected chi connectivity index (χ4v) is 0.958. The van der Waals surface area contributed by atoms with Crippen molar-refractivity contribution in [3.63, 3.8) is 0 Å². The second-order valence-electron chi connectivity index (χ2n) is 2.58. The number of amides is 2. The van der Waals surface area contributed by atoms with Crippen LogP contribution >= 0.6 is 0 Å². The SMILES string of the molecule is CC(=O)NC(CCC(N)=O)C(=O)[S-]. The highest BCUT2D eigenvalue weighted by Crippen LogP contribution is 1.97. The Hall–Kier alpha value is -1.17. The van der Waals surface area contributed by atoms with E-state index >= 15 is 0 Å². The van der Waals surface area contributed by atoms with E-state index in [1.54, 1.807) is 0 Å². The normalized spacial score (nSPS) is 11.8. The lowest BCUT2D eigenvalue weighted by Gasteiger charge is -2.18. The van der Waals surface area contributed by atoms with Crippen molar-refractivity contribution in [1.29, 1.82) is 0 Å². The molecule has 1 unspecified atom stereocenters. The number of carbonyl (C=O) groups is 3. The highest BCUT2D eigenvalue weighted by molar-refractivity contribution is 7.77. The average molecular weight is 203 g/mol. The molecule has 0 rings (SSSR count). The molecule has 0 saturated heterocycles. The Kier molecular flexibility index (Phi) is 4.98. The standard InChI is InChI=1S/C7H12N2O3S/c1-4(10)9-5(7(12)13)2-3-6(8)11/h5H,2-3H2,1H3,(H2,8,11)(H,9,10)(H,12,13)/p-1. The van der Waals surface area contributed by atoms with Crippen LogP contribution in [0.1, 0.15) is 19.8 Å². The summed E-state index contributed by atoms with van der Waals surface area (Å²) in [6, 6.07) is -0.778. The van der Waals surface area contributed by atoms with Gasteiger partial charge in [-0.25, -0.2) is 0 Å². The van der Waals surface area contributed by atoms with Crippen molar-refractivity contribution < 1.29 is 14.4 Å². The summed E-state index contributed by atoms with van der Waals surface area (Å²) in [7, 11) is 0. The second-order valence-corrected chi connectivity index (χ2v) is 2.98. The van der Waals surface area contributed by atoms with Crippen molar-refractivity contribution in [2.45, 2.75) is 25.8 Å². The van der Waals surface area contributed by atoms with Gasteiger partial charge in [-0.1, -0.05) is 0 Å². The van der Waals surface area contributed by atoms with E-state index in [-0.39, 0.29) is 18.7 Å². The quantitative estimate of drug-likeness (QED) is 0.551. The van der Waals surface area contributed by atoms with Crippen LogP contribution in [0.3, 0.4) is 0 Å². The maximum atomic E-state index is 10.7. The van der Waals surface area contributed by atoms with Gasteiger partial charge < -0.3 is 28.5 Å². The third-order valence-electron chi connectivity index (χ3n) is 1.34. The number of rotatable bonds is 5. The van der Waals surface area contributed by atoms with Crippen molar-refractivity contribution in [2.24, 2.45) is 5.73 Å². The van der Waals surface area contributed by atoms with E-state index in [1.165, 1.54) is 6.92 Å². The predicted octanol–water partition coefficient (Wildman–Crippen LogP) is -1.17. The van der Waals surface area contributed by atoms with E-state index in [0.717, 1.165) is 0 Å². The number of hydrogen-bond acceptors (Lipinski definition) is 4. The van der Waals surface area contributed by atoms with Crippen LogP contribution < -0.4 is 11.1 Å². The van der Waals surface area contributed by atoms with Crippen molar-refractivity contribution in [3.8, 4) is 0 Å². The van der Waals surface area contributed by atoms with Gasteiger partial charge in [0.05, 0.1) is 6.04 Å². The lowest BCUT2D eigenvalue weighted by atomic mass is 10.1. The summed E-state index contributed by atoms with van der Waals surface area (Å²) in [5.74, 6) is -0.876. The largest absolute Gasteiger partial charge is 0.740 e. The monoisotopic (exact) mass is 203 g/mol. The van der Waals surface area contributed by atoms with Gasteiger partial charge in [-0.15, -0.1) is 0 Å². The Balaban J connectivity index is 4.02. The maximum absolute atomic E-state index is 10.7. The highest BCUT2D eigenvalue weighted by Gasteiger charge is 2.11. The van der Waals surface area contributed by atoms with E-state index in [4.69, 9.17) is 5.73 Å². The van der Waals surface area contributed by atoms with Crippen LogP contribution in [0.25, 0.3) is 0 Å². The average Bonchev–Trinajstić information content (AvgIpc) is 1.96. The van der Waals surface area contributed by atoms with Crippen LogP contribution in [0.4, 0.5) is 0 Å². The van der Waals surface area contributed by atoms with Gasteiger partial charge >= 0.3 is 0 Å². The number of carbonyl (C=O) groups excluding carboxylic acids is 3. The van der Waals surface area contributed by atoms with E-state index in [2.05, 4.69) is 17.9 Å². The van der Waals surface area contributed by atoms with Gasteiger partial charge in [0.2, 0.25) is 11.8 Å². The molecule has 0 heterocycles. The zero-order valence-electron chi connectivity index (χ0n) is 7.20. The molecule has 74 valence electrons. The molecule has 0 saturated carbocycles. The second kappa shape index (κ2) is 5.47. The zero-order valence-corrected chi connectivity index (χ0v) is 8.02. The summed E-state index contributed by atoms with van der Waals surface area (Å²) in [4.78, 5) is 31.7. The molecule has 0 spiro atoms. The topological polar surface area (TPSA) is 89.3 Å². The first-order valence-corrected chi connectivity index (χ1v) is 4.10. The Labute approximate surface area is 81.5 Å². The molecule has 3 N–H and O–H groups in total. The van der Waals surface area contributed by atoms with E-state index in [0.29, 0.717) is 0 Å². The minimum Gasteiger partial charge on any atom is -0.740 e. The van der Waals surface area contributed by atoms with Gasteiger partial charge in [0.1, 0.15) is 0 Å². The van der Waals surface area contributed by atoms with Crippen LogP contribution in [-0.4, -0.2) is 23.0 Å². The molecule has 0 aliphatic carbocycles. The molecule has 0 aromatic heterocycles. The van der Waals surface area contributed by atoms with Gasteiger partial charge in [0.25, 0.3) is 0 Å². The van der Waals surface area contributed by atoms with Gasteiger partial charge in [0.15, 0.2) is 0 Å². The van der Waals surface area contributed by atoms with Crippen LogP contribution in [0.15, 0.2) is 0 Å². The molecule has 0 fully saturated rings. The lowest BCUT2D eigenvalue weighted by Crippen LogP contribution is -2.39. The van der Waals surface area contributed by atoms with Crippen LogP contribution in [-0.2, 0) is 27.0 Å². The number of primary amides is 1. The molecular weight excluding hydrogens is 192 g/mol. The van der Waals surface area contributed by atoms with Crippen LogP contribution in [0.2, 0.25) is 0 Å². The van der Waals surface area contributed by atoms with Gasteiger partial charge in [-0.2, -0.15) is 0 Å². The summed E-state index contributed by atoms with van der Waals surface area (Å²) in [6.45, 7) is 1.27. The van der Waals surface area contributed by atoms with Crippen molar-refractivity contribution >= 4 is 29.6 Å². The minimum absolute atomic E-state index is 0.0350. The molecule has 13 heavy (non-hydrogen) atoms. The molecule has 1 atom stereocenters. The Morgan fingerprint density at radius 2 is 2.00 bits per heavy atom. The molecule has 0 bridgehead atoms. The van der Waals surface area contributed by atoms with Crippen LogP contribution in [0.5, 0.6) is 0 Å². The summed E-state index contributed by atoms with van der Waals surface area (Å²) >= 11 is 4.36. The Morgan fingerprint density at radius 3 is 2.31 bits per heavy atom. The third-order valence-corrected chi connectivity index (χ3v) is 1.63. The molecule has 0 radical (unpaired) electrons. The van der Waals surface area contributed by atoms with Crippen molar-refractivity contribution in [2.75, 3.05) is 0 Å². The first kappa shape index (κ1) is 11.8. The summed E-state index contributed by atoms with van der Waals surface area (Å²) in [5.41, 5.74) is 4.87. The van der Waals surface area contributed by atoms with Crippen molar-refractivity contribution in [3.05, 3.63) is 0 Å². The maximum Gasteiger partial charge on any atom is 0.217 e. The molecule has 6 heteroatoms. The Bertz CT molecular complexity index is 230. The summed E-state index contributed by atoms with van der Waals surface area (Å²) < 4.78 is 0. The molecule has 5 nitrogen and oxygen atoms in total. The molecule has 0 aromatic rings. The number of hydrogen-bond donors (Lipinski definition) is 2. The van der Waals surface area contributed by atoms with E-state index in [1.807, 2.05) is 0 Å². The number of nitrogens with one attached hydrogen (secondary N) is 1. The first-order valence-electron chi connectivity index (χ1n) is 3.69. The smallest absolute Gasteiger partial charge is 0.217 e. The van der Waals surface area contributed by atoms with Crippen molar-refractivity contribution in [1.82, 2.24) is 5.32 Å². The molecule has 2 amide bonds. The fraction of sp³-hybridized carbons (Fsp3) is 0.571. The van der Waals surface area contributed by atoms with E-state index in [9.17, 15) is 14.4 Å². The zero-order chi connectivity index (χ0) is 10.4. The summed E-state index contributed by atoms with van der Waals surface area (Å²) in [6.07, 6.45) is 0.199. The lowest BCUT2D eigenvalue weighted by molar-refractivity contribution is -0.124. The Morgan fingerprint density at radius 1 is 1.46 bits per heavy atom. The predicted molar refractivity (Wildman–Crippen MR) is 48.4 cm³/mol. The third kappa shape index (κ3) is 6.03. The first-order chi connectivity index (χ1) is 5.93. The fourth-order valence-electron chi connectivity index (χ4n) is 0.781. The minimum atomic E-state index is -0.778. The molecular formula is C7H11N2O3S-. The van der Waals surface area contributed by atoms with Crippen LogP contribution in [0, 0.1) is 0 Å². The summed E-state index contributed by atoms with van der Waals surface area (Å²) in [5, 5.41) is 1.75. The molecule has 0 aliphatic heterocycles. The van der Waals surface area contributed by atoms with Gasteiger partial charge in [0, 0.05) is 18.5 Å². The highest BCUT2D eigenvalue weighted by atomic mass is 32.1. The van der Waals surface area contributed by atoms with Gasteiger partial charge in [-0.05, 0) is 6.42 Å². The van der Waals surface area contributed by atoms with Gasteiger partial charge in [-0.3, -0.25) is 9.59 Å². The number of nitrogens with two attached hydrogens (primary N) is 1. The molecule has 0 aromatic carbocycles.